The van der Waals surface area contributed by atoms with E-state index in [1.807, 2.05) is 0 Å². The van der Waals surface area contributed by atoms with E-state index in [0.717, 1.165) is 11.8 Å². The van der Waals surface area contributed by atoms with Gasteiger partial charge in [0.15, 0.2) is 0 Å². The van der Waals surface area contributed by atoms with Crippen LogP contribution in [-0.2, 0) is 4.57 Å². The first-order chi connectivity index (χ1) is 5.95. The van der Waals surface area contributed by atoms with Gasteiger partial charge in [-0.3, -0.25) is 9.36 Å². The summed E-state index contributed by atoms with van der Waals surface area (Å²) in [6.07, 6.45) is 2.59. The van der Waals surface area contributed by atoms with E-state index in [1.54, 1.807) is 6.26 Å². The van der Waals surface area contributed by atoms with Gasteiger partial charge in [0.2, 0.25) is 0 Å². The summed E-state index contributed by atoms with van der Waals surface area (Å²) in [5.41, 5.74) is 0. The van der Waals surface area contributed by atoms with Crippen molar-refractivity contribution in [1.29, 1.82) is 0 Å². The normalized spacial score (nSPS) is 11.3. The summed E-state index contributed by atoms with van der Waals surface area (Å²) in [4.78, 5) is 27.7. The molecule has 13 heavy (non-hydrogen) atoms. The second-order valence-electron chi connectivity index (χ2n) is 2.51. The van der Waals surface area contributed by atoms with Crippen LogP contribution in [0.4, 0.5) is 4.79 Å². The Labute approximate surface area is 81.4 Å². The van der Waals surface area contributed by atoms with Gasteiger partial charge in [-0.15, -0.1) is 0 Å². The van der Waals surface area contributed by atoms with Crippen LogP contribution in [0.25, 0.3) is 0 Å². The van der Waals surface area contributed by atoms with Crippen LogP contribution in [0.3, 0.4) is 0 Å². The largest absolute Gasteiger partial charge is 0.347 e. The highest BCUT2D eigenvalue weighted by Gasteiger charge is 2.11. The molecule has 0 saturated carbocycles. The average Bonchev–Trinajstić information content (AvgIpc) is 2.01. The third-order valence-corrected chi connectivity index (χ3v) is 2.74. The van der Waals surface area contributed by atoms with Crippen molar-refractivity contribution in [2.24, 2.45) is 0 Å². The zero-order chi connectivity index (χ0) is 10.3. The van der Waals surface area contributed by atoms with Crippen molar-refractivity contribution in [2.75, 3.05) is 19.0 Å². The lowest BCUT2D eigenvalue weighted by molar-refractivity contribution is 0.260. The van der Waals surface area contributed by atoms with Gasteiger partial charge in [0.25, 0.3) is 5.24 Å². The van der Waals surface area contributed by atoms with E-state index < -0.39 is 7.60 Å². The number of hydrogen-bond donors (Lipinski definition) is 3. The molecule has 1 amide bonds. The van der Waals surface area contributed by atoms with Crippen LogP contribution in [0.2, 0.25) is 0 Å². The van der Waals surface area contributed by atoms with Crippen molar-refractivity contribution >= 4 is 24.6 Å². The Hall–Kier alpha value is -0.0300. The molecule has 7 heteroatoms. The van der Waals surface area contributed by atoms with E-state index in [0.29, 0.717) is 19.4 Å². The quantitative estimate of drug-likeness (QED) is 0.482. The smallest absolute Gasteiger partial charge is 0.325 e. The molecule has 0 aromatic carbocycles. The molecule has 0 spiro atoms. The average molecular weight is 227 g/mol. The number of carbonyl (C=O) groups excluding carboxylic acids is 1. The summed E-state index contributed by atoms with van der Waals surface area (Å²) in [5.74, 6) is 0. The van der Waals surface area contributed by atoms with Gasteiger partial charge in [0.1, 0.15) is 0 Å². The first-order valence-electron chi connectivity index (χ1n) is 3.82. The summed E-state index contributed by atoms with van der Waals surface area (Å²) in [5, 5.41) is 2.47. The van der Waals surface area contributed by atoms with Crippen LogP contribution in [-0.4, -0.2) is 34.0 Å². The molecule has 0 aromatic heterocycles. The van der Waals surface area contributed by atoms with Crippen LogP contribution in [0.1, 0.15) is 12.8 Å². The van der Waals surface area contributed by atoms with Crippen LogP contribution in [0.15, 0.2) is 0 Å². The highest BCUT2D eigenvalue weighted by molar-refractivity contribution is 8.12. The minimum Gasteiger partial charge on any atom is -0.347 e. The molecule has 3 N–H and O–H groups in total. The molecule has 0 unspecified atom stereocenters. The number of hydrogen-bond acceptors (Lipinski definition) is 3. The number of amides is 1. The summed E-state index contributed by atoms with van der Waals surface area (Å²) < 4.78 is 10.4. The predicted octanol–water partition coefficient (Wildman–Crippen LogP) is 1.02. The Balaban J connectivity index is 3.27. The number of nitrogens with one attached hydrogen (secondary N) is 1. The molecule has 0 aliphatic rings. The highest BCUT2D eigenvalue weighted by Crippen LogP contribution is 2.35. The molecule has 78 valence electrons. The fourth-order valence-electron chi connectivity index (χ4n) is 0.705. The molecule has 0 heterocycles. The second-order valence-corrected chi connectivity index (χ2v) is 5.07. The summed E-state index contributed by atoms with van der Waals surface area (Å²) >= 11 is 1.08. The van der Waals surface area contributed by atoms with Gasteiger partial charge in [-0.2, -0.15) is 0 Å². The third kappa shape index (κ3) is 9.89. The van der Waals surface area contributed by atoms with Gasteiger partial charge >= 0.3 is 7.60 Å². The number of carbonyl (C=O) groups is 1. The summed E-state index contributed by atoms with van der Waals surface area (Å²) in [6.45, 7) is 0.472. The van der Waals surface area contributed by atoms with Crippen molar-refractivity contribution in [3.63, 3.8) is 0 Å². The molecular weight excluding hydrogens is 213 g/mol. The van der Waals surface area contributed by atoms with Gasteiger partial charge < -0.3 is 15.1 Å². The fraction of sp³-hybridized carbons (Fsp3) is 0.833. The van der Waals surface area contributed by atoms with Crippen molar-refractivity contribution in [2.45, 2.75) is 12.8 Å². The van der Waals surface area contributed by atoms with Gasteiger partial charge in [-0.05, 0) is 19.1 Å². The van der Waals surface area contributed by atoms with Gasteiger partial charge in [0, 0.05) is 12.7 Å². The number of thioether (sulfide) groups is 1. The molecule has 0 aliphatic carbocycles. The lowest BCUT2D eigenvalue weighted by atomic mass is 10.3. The zero-order valence-corrected chi connectivity index (χ0v) is 9.11. The van der Waals surface area contributed by atoms with Crippen molar-refractivity contribution in [3.05, 3.63) is 0 Å². The maximum Gasteiger partial charge on any atom is 0.325 e. The number of unbranched alkanes of at least 4 members (excludes halogenated alkanes) is 1. The summed E-state index contributed by atoms with van der Waals surface area (Å²) in [6, 6.07) is 0. The Bertz CT molecular complexity index is 205. The van der Waals surface area contributed by atoms with E-state index in [4.69, 9.17) is 9.79 Å². The monoisotopic (exact) mass is 227 g/mol. The van der Waals surface area contributed by atoms with Crippen LogP contribution < -0.4 is 5.32 Å². The molecule has 5 nitrogen and oxygen atoms in total. The maximum atomic E-state index is 10.7. The molecule has 0 saturated heterocycles. The van der Waals surface area contributed by atoms with Crippen molar-refractivity contribution in [3.8, 4) is 0 Å². The van der Waals surface area contributed by atoms with Gasteiger partial charge in [-0.25, -0.2) is 0 Å². The molecule has 0 fully saturated rings. The SMILES string of the molecule is CSC(=O)NCCCCP(=O)(O)O. The lowest BCUT2D eigenvalue weighted by Gasteiger charge is -2.04. The molecule has 0 atom stereocenters. The van der Waals surface area contributed by atoms with E-state index in [1.165, 1.54) is 0 Å². The van der Waals surface area contributed by atoms with Crippen LogP contribution in [0, 0.1) is 0 Å². The van der Waals surface area contributed by atoms with E-state index in [2.05, 4.69) is 5.32 Å². The van der Waals surface area contributed by atoms with Crippen molar-refractivity contribution < 1.29 is 19.1 Å². The van der Waals surface area contributed by atoms with Crippen LogP contribution >= 0.6 is 19.4 Å². The first-order valence-corrected chi connectivity index (χ1v) is 6.84. The van der Waals surface area contributed by atoms with Crippen LogP contribution in [0.5, 0.6) is 0 Å². The number of rotatable bonds is 5. The van der Waals surface area contributed by atoms with E-state index >= 15 is 0 Å². The molecule has 0 bridgehead atoms. The summed E-state index contributed by atoms with van der Waals surface area (Å²) in [7, 11) is -3.85. The Morgan fingerprint density at radius 3 is 2.54 bits per heavy atom. The molecule has 0 rings (SSSR count). The fourth-order valence-corrected chi connectivity index (χ4v) is 1.59. The molecule has 0 aliphatic heterocycles. The molecule has 0 radical (unpaired) electrons. The van der Waals surface area contributed by atoms with E-state index in [9.17, 15) is 9.36 Å². The maximum absolute atomic E-state index is 10.7. The minimum atomic E-state index is -3.85. The molecule has 0 aromatic rings. The van der Waals surface area contributed by atoms with E-state index in [-0.39, 0.29) is 11.4 Å². The third-order valence-electron chi connectivity index (χ3n) is 1.33. The Morgan fingerprint density at radius 1 is 1.46 bits per heavy atom. The predicted molar refractivity (Wildman–Crippen MR) is 53.1 cm³/mol. The van der Waals surface area contributed by atoms with Gasteiger partial charge in [-0.1, -0.05) is 11.8 Å². The second kappa shape index (κ2) is 6.43. The Morgan fingerprint density at radius 2 is 2.08 bits per heavy atom. The lowest BCUT2D eigenvalue weighted by Crippen LogP contribution is -2.19. The topological polar surface area (TPSA) is 86.6 Å². The zero-order valence-electron chi connectivity index (χ0n) is 7.39. The molecular formula is C6H14NO4PS. The minimum absolute atomic E-state index is 0.109. The first kappa shape index (κ1) is 13.0. The standard InChI is InChI=1S/C6H14NO4PS/c1-13-6(8)7-4-2-3-5-12(9,10)11/h2-5H2,1H3,(H,7,8)(H2,9,10,11). The van der Waals surface area contributed by atoms with Crippen molar-refractivity contribution in [1.82, 2.24) is 5.32 Å². The highest BCUT2D eigenvalue weighted by atomic mass is 32.2. The Kier molecular flexibility index (Phi) is 6.41. The van der Waals surface area contributed by atoms with Gasteiger partial charge in [0.05, 0.1) is 0 Å².